The zero-order valence-electron chi connectivity index (χ0n) is 12.0. The lowest BCUT2D eigenvalue weighted by Gasteiger charge is -2.22. The Kier molecular flexibility index (Phi) is 4.46. The maximum absolute atomic E-state index is 5.70. The van der Waals surface area contributed by atoms with Crippen molar-refractivity contribution in [2.45, 2.75) is 58.1 Å². The van der Waals surface area contributed by atoms with E-state index in [1.54, 1.807) is 0 Å². The number of nitrogens with one attached hydrogen (secondary N) is 1. The van der Waals surface area contributed by atoms with Gasteiger partial charge in [0, 0.05) is 18.1 Å². The molecule has 2 rings (SSSR count). The van der Waals surface area contributed by atoms with Gasteiger partial charge in [-0.15, -0.1) is 0 Å². The van der Waals surface area contributed by atoms with Gasteiger partial charge in [-0.25, -0.2) is 9.97 Å². The average molecular weight is 328 g/mol. The number of nitrogens with zero attached hydrogens (tertiary/aromatic N) is 2. The van der Waals surface area contributed by atoms with Crippen LogP contribution >= 0.6 is 15.9 Å². The summed E-state index contributed by atoms with van der Waals surface area (Å²) in [5.74, 6) is 1.69. The molecule has 0 amide bonds. The highest BCUT2D eigenvalue weighted by Gasteiger charge is 2.24. The molecule has 1 aliphatic rings. The van der Waals surface area contributed by atoms with Crippen molar-refractivity contribution in [3.63, 3.8) is 0 Å². The van der Waals surface area contributed by atoms with Crippen LogP contribution in [-0.2, 0) is 10.2 Å². The molecule has 4 nitrogen and oxygen atoms in total. The van der Waals surface area contributed by atoms with Crippen LogP contribution in [0.2, 0.25) is 0 Å². The van der Waals surface area contributed by atoms with Gasteiger partial charge in [0.1, 0.15) is 16.2 Å². The van der Waals surface area contributed by atoms with Gasteiger partial charge < -0.3 is 10.1 Å². The van der Waals surface area contributed by atoms with E-state index in [4.69, 9.17) is 4.74 Å². The van der Waals surface area contributed by atoms with Gasteiger partial charge in [0.25, 0.3) is 0 Å². The molecule has 2 heterocycles. The standard InChI is InChI=1S/C14H22BrN3O/c1-9(10-6-5-7-19-10)16-12-8-11(15)17-13(18-12)14(2,3)4/h8-10H,5-7H2,1-4H3,(H,16,17,18). The van der Waals surface area contributed by atoms with Crippen molar-refractivity contribution >= 4 is 21.7 Å². The van der Waals surface area contributed by atoms with Gasteiger partial charge in [-0.1, -0.05) is 20.8 Å². The minimum Gasteiger partial charge on any atom is -0.376 e. The van der Waals surface area contributed by atoms with Gasteiger partial charge in [-0.3, -0.25) is 0 Å². The molecule has 0 saturated carbocycles. The Balaban J connectivity index is 2.13. The number of hydrogen-bond donors (Lipinski definition) is 1. The van der Waals surface area contributed by atoms with Crippen LogP contribution in [-0.4, -0.2) is 28.7 Å². The molecule has 0 aliphatic carbocycles. The van der Waals surface area contributed by atoms with Crippen LogP contribution < -0.4 is 5.32 Å². The molecule has 5 heteroatoms. The Morgan fingerprint density at radius 2 is 2.16 bits per heavy atom. The normalized spacial score (nSPS) is 21.4. The predicted molar refractivity (Wildman–Crippen MR) is 80.5 cm³/mol. The van der Waals surface area contributed by atoms with Crippen LogP contribution in [0.3, 0.4) is 0 Å². The molecule has 1 N–H and O–H groups in total. The summed E-state index contributed by atoms with van der Waals surface area (Å²) in [6.07, 6.45) is 2.55. The molecule has 1 saturated heterocycles. The van der Waals surface area contributed by atoms with E-state index < -0.39 is 0 Å². The lowest BCUT2D eigenvalue weighted by atomic mass is 9.96. The highest BCUT2D eigenvalue weighted by Crippen LogP contribution is 2.24. The smallest absolute Gasteiger partial charge is 0.137 e. The maximum Gasteiger partial charge on any atom is 0.137 e. The van der Waals surface area contributed by atoms with E-state index >= 15 is 0 Å². The third-order valence-electron chi connectivity index (χ3n) is 3.26. The molecular weight excluding hydrogens is 306 g/mol. The van der Waals surface area contributed by atoms with E-state index in [0.717, 1.165) is 35.7 Å². The first kappa shape index (κ1) is 14.7. The molecule has 1 aromatic heterocycles. The second kappa shape index (κ2) is 5.75. The third-order valence-corrected chi connectivity index (χ3v) is 3.67. The number of rotatable bonds is 3. The van der Waals surface area contributed by atoms with E-state index in [9.17, 15) is 0 Å². The molecule has 19 heavy (non-hydrogen) atoms. The molecule has 106 valence electrons. The van der Waals surface area contributed by atoms with Crippen molar-refractivity contribution in [3.8, 4) is 0 Å². The molecule has 0 radical (unpaired) electrons. The van der Waals surface area contributed by atoms with Crippen molar-refractivity contribution in [2.24, 2.45) is 0 Å². The number of aromatic nitrogens is 2. The van der Waals surface area contributed by atoms with Gasteiger partial charge >= 0.3 is 0 Å². The topological polar surface area (TPSA) is 47.0 Å². The van der Waals surface area contributed by atoms with Gasteiger partial charge in [-0.05, 0) is 35.7 Å². The lowest BCUT2D eigenvalue weighted by Crippen LogP contribution is -2.31. The van der Waals surface area contributed by atoms with Crippen molar-refractivity contribution in [1.82, 2.24) is 9.97 Å². The Morgan fingerprint density at radius 3 is 2.74 bits per heavy atom. The first-order valence-electron chi connectivity index (χ1n) is 6.79. The highest BCUT2D eigenvalue weighted by atomic mass is 79.9. The SMILES string of the molecule is CC(Nc1cc(Br)nc(C(C)(C)C)n1)C1CCCO1. The fraction of sp³-hybridized carbons (Fsp3) is 0.714. The minimum absolute atomic E-state index is 0.0622. The fourth-order valence-corrected chi connectivity index (χ4v) is 2.53. The number of ether oxygens (including phenoxy) is 1. The van der Waals surface area contributed by atoms with Crippen molar-refractivity contribution in [1.29, 1.82) is 0 Å². The summed E-state index contributed by atoms with van der Waals surface area (Å²) in [5.41, 5.74) is -0.0622. The quantitative estimate of drug-likeness (QED) is 0.863. The van der Waals surface area contributed by atoms with E-state index in [2.05, 4.69) is 58.9 Å². The van der Waals surface area contributed by atoms with Gasteiger partial charge in [0.2, 0.25) is 0 Å². The molecule has 1 fully saturated rings. The molecule has 0 bridgehead atoms. The Hall–Kier alpha value is -0.680. The summed E-state index contributed by atoms with van der Waals surface area (Å²) in [5, 5.41) is 3.43. The largest absolute Gasteiger partial charge is 0.376 e. The fourth-order valence-electron chi connectivity index (χ4n) is 2.15. The highest BCUT2D eigenvalue weighted by molar-refractivity contribution is 9.10. The van der Waals surface area contributed by atoms with Crippen LogP contribution in [0, 0.1) is 0 Å². The average Bonchev–Trinajstić information content (AvgIpc) is 2.80. The van der Waals surface area contributed by atoms with Crippen LogP contribution in [0.5, 0.6) is 0 Å². The van der Waals surface area contributed by atoms with Gasteiger partial charge in [0.15, 0.2) is 0 Å². The van der Waals surface area contributed by atoms with Gasteiger partial charge in [-0.2, -0.15) is 0 Å². The monoisotopic (exact) mass is 327 g/mol. The van der Waals surface area contributed by atoms with E-state index in [0.29, 0.717) is 0 Å². The Labute approximate surface area is 123 Å². The molecule has 1 aliphatic heterocycles. The molecular formula is C14H22BrN3O. The minimum atomic E-state index is -0.0622. The van der Waals surface area contributed by atoms with Crippen molar-refractivity contribution in [3.05, 3.63) is 16.5 Å². The van der Waals surface area contributed by atoms with E-state index in [1.165, 1.54) is 0 Å². The summed E-state index contributed by atoms with van der Waals surface area (Å²) in [6, 6.07) is 2.18. The summed E-state index contributed by atoms with van der Waals surface area (Å²) in [7, 11) is 0. The van der Waals surface area contributed by atoms with Crippen molar-refractivity contribution in [2.75, 3.05) is 11.9 Å². The van der Waals surface area contributed by atoms with Crippen molar-refractivity contribution < 1.29 is 4.74 Å². The Morgan fingerprint density at radius 1 is 1.42 bits per heavy atom. The number of anilines is 1. The van der Waals surface area contributed by atoms with Crippen LogP contribution in [0.25, 0.3) is 0 Å². The summed E-state index contributed by atoms with van der Waals surface area (Å²) in [6.45, 7) is 9.35. The zero-order valence-corrected chi connectivity index (χ0v) is 13.6. The first-order valence-corrected chi connectivity index (χ1v) is 7.59. The zero-order chi connectivity index (χ0) is 14.0. The third kappa shape index (κ3) is 3.89. The number of halogens is 1. The molecule has 2 unspecified atom stereocenters. The number of hydrogen-bond acceptors (Lipinski definition) is 4. The first-order chi connectivity index (χ1) is 8.86. The summed E-state index contributed by atoms with van der Waals surface area (Å²) in [4.78, 5) is 9.05. The summed E-state index contributed by atoms with van der Waals surface area (Å²) >= 11 is 3.46. The molecule has 0 aromatic carbocycles. The maximum atomic E-state index is 5.70. The van der Waals surface area contributed by atoms with Crippen LogP contribution in [0.15, 0.2) is 10.7 Å². The van der Waals surface area contributed by atoms with Crippen LogP contribution in [0.1, 0.15) is 46.4 Å². The summed E-state index contributed by atoms with van der Waals surface area (Å²) < 4.78 is 6.51. The van der Waals surface area contributed by atoms with E-state index in [1.807, 2.05) is 6.07 Å². The molecule has 0 spiro atoms. The second-order valence-electron chi connectivity index (χ2n) is 6.13. The van der Waals surface area contributed by atoms with E-state index in [-0.39, 0.29) is 17.6 Å². The molecule has 2 atom stereocenters. The lowest BCUT2D eigenvalue weighted by molar-refractivity contribution is 0.0995. The molecule has 1 aromatic rings. The van der Waals surface area contributed by atoms with Gasteiger partial charge in [0.05, 0.1) is 12.1 Å². The van der Waals surface area contributed by atoms with Crippen LogP contribution in [0.4, 0.5) is 5.82 Å². The predicted octanol–water partition coefficient (Wildman–Crippen LogP) is 3.52. The Bertz CT molecular complexity index is 439. The second-order valence-corrected chi connectivity index (χ2v) is 6.95.